The molecule has 0 amide bonds. The van der Waals surface area contributed by atoms with E-state index in [2.05, 4.69) is 37.5 Å². The molecule has 0 N–H and O–H groups in total. The van der Waals surface area contributed by atoms with Crippen LogP contribution in [0.15, 0.2) is 0 Å². The molecular weight excluding hydrogens is 252 g/mol. The number of ether oxygens (including phenoxy) is 2. The second-order valence-corrected chi connectivity index (χ2v) is 4.99. The predicted molar refractivity (Wildman–Crippen MR) is 86.4 cm³/mol. The number of nitrogens with zero attached hydrogens (tertiary/aromatic N) is 2. The van der Waals surface area contributed by atoms with Crippen molar-refractivity contribution in [2.24, 2.45) is 0 Å². The van der Waals surface area contributed by atoms with E-state index in [9.17, 15) is 0 Å². The second kappa shape index (κ2) is 15.2. The van der Waals surface area contributed by atoms with Crippen molar-refractivity contribution < 1.29 is 9.47 Å². The Morgan fingerprint density at radius 1 is 0.550 bits per heavy atom. The van der Waals surface area contributed by atoms with Crippen molar-refractivity contribution in [2.75, 3.05) is 65.7 Å². The lowest BCUT2D eigenvalue weighted by Gasteiger charge is -2.18. The molecule has 0 radical (unpaired) electrons. The summed E-state index contributed by atoms with van der Waals surface area (Å²) in [5.41, 5.74) is 0. The normalized spacial score (nSPS) is 11.7. The average Bonchev–Trinajstić information content (AvgIpc) is 2.49. The van der Waals surface area contributed by atoms with Crippen LogP contribution < -0.4 is 0 Å². The van der Waals surface area contributed by atoms with Gasteiger partial charge in [-0.05, 0) is 39.0 Å². The van der Waals surface area contributed by atoms with Crippen LogP contribution in [0.25, 0.3) is 0 Å². The second-order valence-electron chi connectivity index (χ2n) is 4.99. The first-order valence-corrected chi connectivity index (χ1v) is 8.38. The zero-order valence-corrected chi connectivity index (χ0v) is 14.2. The smallest absolute Gasteiger partial charge is 0.0700 e. The van der Waals surface area contributed by atoms with Crippen LogP contribution in [-0.4, -0.2) is 75.5 Å². The molecule has 0 rings (SSSR count). The van der Waals surface area contributed by atoms with Crippen LogP contribution in [0.2, 0.25) is 0 Å². The minimum atomic E-state index is 0.726. The van der Waals surface area contributed by atoms with Crippen LogP contribution >= 0.6 is 0 Å². The quantitative estimate of drug-likeness (QED) is 0.432. The van der Waals surface area contributed by atoms with Crippen LogP contribution in [0.3, 0.4) is 0 Å². The molecule has 0 aliphatic carbocycles. The number of rotatable bonds is 15. The fraction of sp³-hybridized carbons (Fsp3) is 1.00. The van der Waals surface area contributed by atoms with Gasteiger partial charge in [0, 0.05) is 26.3 Å². The maximum atomic E-state index is 5.58. The van der Waals surface area contributed by atoms with Gasteiger partial charge in [-0.15, -0.1) is 0 Å². The molecule has 4 nitrogen and oxygen atoms in total. The van der Waals surface area contributed by atoms with E-state index in [-0.39, 0.29) is 0 Å². The highest BCUT2D eigenvalue weighted by Gasteiger charge is 1.99. The minimum absolute atomic E-state index is 0.726. The molecular formula is C16H36N2O2. The molecule has 0 heterocycles. The van der Waals surface area contributed by atoms with Crippen molar-refractivity contribution in [2.45, 2.75) is 40.5 Å². The lowest BCUT2D eigenvalue weighted by atomic mass is 10.4. The largest absolute Gasteiger partial charge is 0.379 e. The molecule has 20 heavy (non-hydrogen) atoms. The van der Waals surface area contributed by atoms with Crippen LogP contribution in [-0.2, 0) is 9.47 Å². The fourth-order valence-corrected chi connectivity index (χ4v) is 2.18. The lowest BCUT2D eigenvalue weighted by Crippen LogP contribution is -2.25. The summed E-state index contributed by atoms with van der Waals surface area (Å²) < 4.78 is 11.2. The van der Waals surface area contributed by atoms with Gasteiger partial charge in [0.25, 0.3) is 0 Å². The molecule has 0 unspecified atom stereocenters. The Morgan fingerprint density at radius 3 is 1.20 bits per heavy atom. The molecule has 122 valence electrons. The highest BCUT2D eigenvalue weighted by atomic mass is 16.5. The Bertz CT molecular complexity index is 163. The van der Waals surface area contributed by atoms with Gasteiger partial charge in [-0.3, -0.25) is 0 Å². The Hall–Kier alpha value is -0.160. The van der Waals surface area contributed by atoms with Gasteiger partial charge in [-0.25, -0.2) is 0 Å². The standard InChI is InChI=1S/C16H36N2O2/c1-5-17(6-2)11-9-13-19-15-16-20-14-10-12-18(7-3)8-4/h5-16H2,1-4H3. The molecule has 0 aromatic rings. The summed E-state index contributed by atoms with van der Waals surface area (Å²) in [4.78, 5) is 4.85. The molecule has 0 spiro atoms. The molecule has 4 heteroatoms. The third-order valence-corrected chi connectivity index (χ3v) is 3.69. The topological polar surface area (TPSA) is 24.9 Å². The van der Waals surface area contributed by atoms with E-state index in [4.69, 9.17) is 9.47 Å². The van der Waals surface area contributed by atoms with Gasteiger partial charge >= 0.3 is 0 Å². The summed E-state index contributed by atoms with van der Waals surface area (Å²) in [5, 5.41) is 0. The summed E-state index contributed by atoms with van der Waals surface area (Å²) >= 11 is 0. The van der Waals surface area contributed by atoms with Crippen molar-refractivity contribution >= 4 is 0 Å². The van der Waals surface area contributed by atoms with Crippen molar-refractivity contribution in [3.8, 4) is 0 Å². The van der Waals surface area contributed by atoms with Gasteiger partial charge in [0.2, 0.25) is 0 Å². The lowest BCUT2D eigenvalue weighted by molar-refractivity contribution is 0.0414. The Balaban J connectivity index is 3.17. The fourth-order valence-electron chi connectivity index (χ4n) is 2.18. The highest BCUT2D eigenvalue weighted by molar-refractivity contribution is 4.52. The van der Waals surface area contributed by atoms with Crippen molar-refractivity contribution in [1.82, 2.24) is 9.80 Å². The Kier molecular flexibility index (Phi) is 15.1. The van der Waals surface area contributed by atoms with E-state index in [1.54, 1.807) is 0 Å². The van der Waals surface area contributed by atoms with E-state index in [1.807, 2.05) is 0 Å². The first-order chi connectivity index (χ1) is 9.78. The summed E-state index contributed by atoms with van der Waals surface area (Å²) in [5.74, 6) is 0. The van der Waals surface area contributed by atoms with Crippen LogP contribution in [0.5, 0.6) is 0 Å². The van der Waals surface area contributed by atoms with E-state index in [0.717, 1.165) is 78.5 Å². The summed E-state index contributed by atoms with van der Waals surface area (Å²) in [6.45, 7) is 18.8. The SMILES string of the molecule is CCN(CC)CCCOCCOCCCN(CC)CC. The zero-order valence-electron chi connectivity index (χ0n) is 14.2. The molecule has 0 aromatic heterocycles. The highest BCUT2D eigenvalue weighted by Crippen LogP contribution is 1.93. The van der Waals surface area contributed by atoms with Crippen molar-refractivity contribution in [3.05, 3.63) is 0 Å². The minimum Gasteiger partial charge on any atom is -0.379 e. The Labute approximate surface area is 126 Å². The molecule has 0 aliphatic rings. The molecule has 0 fully saturated rings. The number of hydrogen-bond donors (Lipinski definition) is 0. The van der Waals surface area contributed by atoms with Crippen LogP contribution in [0, 0.1) is 0 Å². The summed E-state index contributed by atoms with van der Waals surface area (Å²) in [6, 6.07) is 0. The van der Waals surface area contributed by atoms with Crippen LogP contribution in [0.1, 0.15) is 40.5 Å². The first kappa shape index (κ1) is 19.8. The summed E-state index contributed by atoms with van der Waals surface area (Å²) in [6.07, 6.45) is 2.23. The van der Waals surface area contributed by atoms with Crippen molar-refractivity contribution in [1.29, 1.82) is 0 Å². The molecule has 0 aliphatic heterocycles. The molecule has 0 atom stereocenters. The number of hydrogen-bond acceptors (Lipinski definition) is 4. The van der Waals surface area contributed by atoms with E-state index in [1.165, 1.54) is 0 Å². The zero-order chi connectivity index (χ0) is 15.1. The maximum absolute atomic E-state index is 5.58. The maximum Gasteiger partial charge on any atom is 0.0700 e. The van der Waals surface area contributed by atoms with Gasteiger partial charge in [0.15, 0.2) is 0 Å². The molecule has 0 bridgehead atoms. The summed E-state index contributed by atoms with van der Waals surface area (Å²) in [7, 11) is 0. The van der Waals surface area contributed by atoms with E-state index < -0.39 is 0 Å². The Morgan fingerprint density at radius 2 is 0.900 bits per heavy atom. The van der Waals surface area contributed by atoms with E-state index in [0.29, 0.717) is 0 Å². The third kappa shape index (κ3) is 11.6. The van der Waals surface area contributed by atoms with E-state index >= 15 is 0 Å². The molecule has 0 saturated carbocycles. The van der Waals surface area contributed by atoms with Gasteiger partial charge < -0.3 is 19.3 Å². The van der Waals surface area contributed by atoms with Gasteiger partial charge in [-0.1, -0.05) is 27.7 Å². The van der Waals surface area contributed by atoms with Crippen molar-refractivity contribution in [3.63, 3.8) is 0 Å². The van der Waals surface area contributed by atoms with Gasteiger partial charge in [0.1, 0.15) is 0 Å². The van der Waals surface area contributed by atoms with Gasteiger partial charge in [-0.2, -0.15) is 0 Å². The molecule has 0 aromatic carbocycles. The average molecular weight is 288 g/mol. The predicted octanol–water partition coefficient (Wildman–Crippen LogP) is 2.48. The third-order valence-electron chi connectivity index (χ3n) is 3.69. The monoisotopic (exact) mass is 288 g/mol. The first-order valence-electron chi connectivity index (χ1n) is 8.38. The van der Waals surface area contributed by atoms with Gasteiger partial charge in [0.05, 0.1) is 13.2 Å². The molecule has 0 saturated heterocycles. The van der Waals surface area contributed by atoms with Crippen LogP contribution in [0.4, 0.5) is 0 Å².